The third-order valence-corrected chi connectivity index (χ3v) is 0.673. The van der Waals surface area contributed by atoms with Gasteiger partial charge < -0.3 is 0 Å². The van der Waals surface area contributed by atoms with Gasteiger partial charge in [-0.2, -0.15) is 14.6 Å². The highest BCUT2D eigenvalue weighted by molar-refractivity contribution is 5.58. The summed E-state index contributed by atoms with van der Waals surface area (Å²) in [5.41, 5.74) is -0.572. The lowest BCUT2D eigenvalue weighted by Crippen LogP contribution is -2.22. The lowest BCUT2D eigenvalue weighted by Gasteiger charge is -2.15. The molecule has 0 amide bonds. The molecule has 0 aromatic rings. The number of rotatable bonds is 4. The highest BCUT2D eigenvalue weighted by atomic mass is 17.3. The third kappa shape index (κ3) is 8.84. The number of carbonyl (C=O) groups excluding carboxylic acids is 1. The normalized spacial score (nSPS) is 10.7. The van der Waals surface area contributed by atoms with Gasteiger partial charge >= 0.3 is 6.16 Å². The standard InChI is InChI=1S/C8H14O5/c1-5-6-10-11-7(9)12-13-8(2,3)4/h5H,1,6H2,2-4H3. The first kappa shape index (κ1) is 11.9. The first-order valence-electron chi connectivity index (χ1n) is 3.76. The zero-order chi connectivity index (χ0) is 10.3. The van der Waals surface area contributed by atoms with E-state index in [1.807, 2.05) is 0 Å². The van der Waals surface area contributed by atoms with Crippen LogP contribution in [-0.4, -0.2) is 18.4 Å². The fraction of sp³-hybridized carbons (Fsp3) is 0.625. The van der Waals surface area contributed by atoms with E-state index in [2.05, 4.69) is 26.1 Å². The maximum Gasteiger partial charge on any atom is 0.573 e. The summed E-state index contributed by atoms with van der Waals surface area (Å²) in [6, 6.07) is 0. The van der Waals surface area contributed by atoms with E-state index in [1.54, 1.807) is 20.8 Å². The fourth-order valence-electron chi connectivity index (χ4n) is 0.303. The van der Waals surface area contributed by atoms with Crippen molar-refractivity contribution >= 4 is 6.16 Å². The Morgan fingerprint density at radius 3 is 2.46 bits per heavy atom. The molecule has 0 aromatic carbocycles. The van der Waals surface area contributed by atoms with Gasteiger partial charge in [-0.15, -0.1) is 6.58 Å². The Labute approximate surface area is 77.1 Å². The molecular weight excluding hydrogens is 176 g/mol. The smallest absolute Gasteiger partial charge is 0.257 e. The summed E-state index contributed by atoms with van der Waals surface area (Å²) in [4.78, 5) is 28.0. The molecule has 0 N–H and O–H groups in total. The summed E-state index contributed by atoms with van der Waals surface area (Å²) in [5, 5.41) is 0. The number of carbonyl (C=O) groups is 1. The van der Waals surface area contributed by atoms with Crippen LogP contribution in [0.2, 0.25) is 0 Å². The molecule has 0 radical (unpaired) electrons. The van der Waals surface area contributed by atoms with Crippen molar-refractivity contribution in [3.05, 3.63) is 12.7 Å². The van der Waals surface area contributed by atoms with Crippen LogP contribution in [0.3, 0.4) is 0 Å². The molecule has 0 heterocycles. The predicted molar refractivity (Wildman–Crippen MR) is 44.6 cm³/mol. The van der Waals surface area contributed by atoms with Crippen LogP contribution >= 0.6 is 0 Å². The molecule has 0 aliphatic rings. The summed E-state index contributed by atoms with van der Waals surface area (Å²) in [7, 11) is 0. The van der Waals surface area contributed by atoms with Crippen LogP contribution in [0.1, 0.15) is 20.8 Å². The summed E-state index contributed by atoms with van der Waals surface area (Å²) < 4.78 is 0. The molecule has 13 heavy (non-hydrogen) atoms. The minimum atomic E-state index is -1.04. The Morgan fingerprint density at radius 2 is 2.00 bits per heavy atom. The minimum absolute atomic E-state index is 0.102. The first-order chi connectivity index (χ1) is 5.95. The van der Waals surface area contributed by atoms with Crippen LogP contribution in [0.5, 0.6) is 0 Å². The molecule has 0 rings (SSSR count). The second-order valence-corrected chi connectivity index (χ2v) is 3.19. The molecule has 0 atom stereocenters. The molecule has 5 nitrogen and oxygen atoms in total. The third-order valence-electron chi connectivity index (χ3n) is 0.673. The highest BCUT2D eigenvalue weighted by Gasteiger charge is 2.16. The Bertz CT molecular complexity index is 170. The van der Waals surface area contributed by atoms with E-state index in [4.69, 9.17) is 0 Å². The van der Waals surface area contributed by atoms with Crippen LogP contribution in [0.25, 0.3) is 0 Å². The van der Waals surface area contributed by atoms with Crippen molar-refractivity contribution in [2.75, 3.05) is 6.61 Å². The van der Waals surface area contributed by atoms with Crippen molar-refractivity contribution in [2.24, 2.45) is 0 Å². The van der Waals surface area contributed by atoms with E-state index in [0.717, 1.165) is 0 Å². The zero-order valence-electron chi connectivity index (χ0n) is 8.03. The van der Waals surface area contributed by atoms with E-state index in [1.165, 1.54) is 6.08 Å². The first-order valence-corrected chi connectivity index (χ1v) is 3.76. The number of hydrogen-bond donors (Lipinski definition) is 0. The Morgan fingerprint density at radius 1 is 1.38 bits per heavy atom. The molecular formula is C8H14O5. The largest absolute Gasteiger partial charge is 0.573 e. The zero-order valence-corrected chi connectivity index (χ0v) is 8.03. The van der Waals surface area contributed by atoms with Crippen LogP contribution in [0.4, 0.5) is 4.79 Å². The Kier molecular flexibility index (Phi) is 5.10. The van der Waals surface area contributed by atoms with Crippen LogP contribution in [0.15, 0.2) is 12.7 Å². The van der Waals surface area contributed by atoms with E-state index in [-0.39, 0.29) is 6.61 Å². The van der Waals surface area contributed by atoms with Gasteiger partial charge in [0.05, 0.1) is 0 Å². The predicted octanol–water partition coefficient (Wildman–Crippen LogP) is 1.99. The lowest BCUT2D eigenvalue weighted by molar-refractivity contribution is -0.348. The van der Waals surface area contributed by atoms with Gasteiger partial charge in [0.2, 0.25) is 0 Å². The summed E-state index contributed by atoms with van der Waals surface area (Å²) in [6.45, 7) is 8.64. The monoisotopic (exact) mass is 190 g/mol. The average molecular weight is 190 g/mol. The van der Waals surface area contributed by atoms with Gasteiger partial charge in [0.1, 0.15) is 12.2 Å². The quantitative estimate of drug-likeness (QED) is 0.293. The lowest BCUT2D eigenvalue weighted by atomic mass is 10.2. The van der Waals surface area contributed by atoms with Crippen molar-refractivity contribution in [3.8, 4) is 0 Å². The molecule has 0 aliphatic heterocycles. The second-order valence-electron chi connectivity index (χ2n) is 3.19. The molecule has 0 fully saturated rings. The van der Waals surface area contributed by atoms with E-state index in [0.29, 0.717) is 0 Å². The molecule has 0 aromatic heterocycles. The molecule has 0 saturated carbocycles. The molecule has 0 bridgehead atoms. The van der Waals surface area contributed by atoms with Crippen molar-refractivity contribution < 1.29 is 24.3 Å². The van der Waals surface area contributed by atoms with Gasteiger partial charge in [0.25, 0.3) is 0 Å². The van der Waals surface area contributed by atoms with Gasteiger partial charge in [-0.3, -0.25) is 9.78 Å². The van der Waals surface area contributed by atoms with Crippen molar-refractivity contribution in [3.63, 3.8) is 0 Å². The van der Waals surface area contributed by atoms with E-state index in [9.17, 15) is 4.79 Å². The van der Waals surface area contributed by atoms with Gasteiger partial charge in [0.15, 0.2) is 0 Å². The van der Waals surface area contributed by atoms with Crippen molar-refractivity contribution in [2.45, 2.75) is 26.4 Å². The van der Waals surface area contributed by atoms with E-state index >= 15 is 0 Å². The SMILES string of the molecule is C=CCOOC(=O)OOC(C)(C)C. The Hall–Kier alpha value is -1.07. The summed E-state index contributed by atoms with van der Waals surface area (Å²) >= 11 is 0. The highest BCUT2D eigenvalue weighted by Crippen LogP contribution is 2.07. The maximum absolute atomic E-state index is 10.6. The van der Waals surface area contributed by atoms with Gasteiger partial charge in [-0.25, -0.2) is 0 Å². The van der Waals surface area contributed by atoms with Gasteiger partial charge in [-0.05, 0) is 20.8 Å². The summed E-state index contributed by atoms with van der Waals surface area (Å²) in [5.74, 6) is 0. The van der Waals surface area contributed by atoms with Crippen LogP contribution in [0, 0.1) is 0 Å². The van der Waals surface area contributed by atoms with E-state index < -0.39 is 11.8 Å². The molecule has 0 unspecified atom stereocenters. The molecule has 5 heteroatoms. The second kappa shape index (κ2) is 5.55. The topological polar surface area (TPSA) is 54.0 Å². The average Bonchev–Trinajstić information content (AvgIpc) is 2.00. The van der Waals surface area contributed by atoms with Gasteiger partial charge in [0, 0.05) is 0 Å². The fourth-order valence-corrected chi connectivity index (χ4v) is 0.303. The van der Waals surface area contributed by atoms with Crippen LogP contribution < -0.4 is 0 Å². The molecule has 76 valence electrons. The molecule has 0 aliphatic carbocycles. The van der Waals surface area contributed by atoms with Gasteiger partial charge in [-0.1, -0.05) is 6.08 Å². The van der Waals surface area contributed by atoms with Crippen molar-refractivity contribution in [1.29, 1.82) is 0 Å². The molecule has 0 saturated heterocycles. The summed E-state index contributed by atoms with van der Waals surface area (Å²) in [6.07, 6.45) is 0.384. The minimum Gasteiger partial charge on any atom is -0.257 e. The maximum atomic E-state index is 10.6. The van der Waals surface area contributed by atoms with Crippen molar-refractivity contribution in [1.82, 2.24) is 0 Å². The Balaban J connectivity index is 3.46. The molecule has 0 spiro atoms. The number of hydrogen-bond acceptors (Lipinski definition) is 5. The van der Waals surface area contributed by atoms with Crippen LogP contribution in [-0.2, 0) is 19.6 Å².